The lowest BCUT2D eigenvalue weighted by Crippen LogP contribution is -2.58. The number of cyclic esters (lactones) is 1. The second-order valence-electron chi connectivity index (χ2n) is 17.1. The first-order chi connectivity index (χ1) is 26.6. The van der Waals surface area contributed by atoms with Gasteiger partial charge >= 0.3 is 23.9 Å². The summed E-state index contributed by atoms with van der Waals surface area (Å²) in [4.78, 5) is 67.4. The Morgan fingerprint density at radius 3 is 1.82 bits per heavy atom. The Labute approximate surface area is 337 Å². The van der Waals surface area contributed by atoms with Gasteiger partial charge in [-0.3, -0.25) is 24.0 Å². The van der Waals surface area contributed by atoms with E-state index in [2.05, 4.69) is 0 Å². The van der Waals surface area contributed by atoms with Crippen molar-refractivity contribution in [3.05, 3.63) is 0 Å². The molecule has 4 heterocycles. The summed E-state index contributed by atoms with van der Waals surface area (Å²) in [6, 6.07) is -0.247. The number of epoxide rings is 1. The van der Waals surface area contributed by atoms with E-state index in [9.17, 15) is 24.0 Å². The number of ketones is 1. The highest BCUT2D eigenvalue weighted by Crippen LogP contribution is 2.44. The number of methoxy groups -OCH3 is 1. The number of carbonyl (C=O) groups is 5. The van der Waals surface area contributed by atoms with E-state index in [1.165, 1.54) is 27.9 Å². The molecule has 0 saturated carbocycles. The summed E-state index contributed by atoms with van der Waals surface area (Å²) >= 11 is 0. The van der Waals surface area contributed by atoms with Crippen molar-refractivity contribution in [3.63, 3.8) is 0 Å². The van der Waals surface area contributed by atoms with Crippen LogP contribution in [0.25, 0.3) is 0 Å². The molecule has 0 N–H and O–H groups in total. The molecular weight excluding hydrogens is 746 g/mol. The Morgan fingerprint density at radius 1 is 0.702 bits per heavy atom. The topological polar surface area (TPSA) is 184 Å². The average molecular weight is 814 g/mol. The fraction of sp³-hybridized carbons (Fsp3) is 0.878. The van der Waals surface area contributed by atoms with Gasteiger partial charge < -0.3 is 52.3 Å². The fourth-order valence-electron chi connectivity index (χ4n) is 8.93. The maximum absolute atomic E-state index is 14.4. The first-order valence-electron chi connectivity index (χ1n) is 20.3. The number of likely N-dealkylation sites (N-methyl/N-ethyl adjacent to an activating group) is 1. The first kappa shape index (κ1) is 47.0. The van der Waals surface area contributed by atoms with Crippen molar-refractivity contribution < 1.29 is 71.3 Å². The molecule has 16 nitrogen and oxygen atoms in total. The smallest absolute Gasteiger partial charge is 0.311 e. The second kappa shape index (κ2) is 19.6. The summed E-state index contributed by atoms with van der Waals surface area (Å²) in [5, 5.41) is 0. The van der Waals surface area contributed by atoms with Crippen LogP contribution >= 0.6 is 0 Å². The van der Waals surface area contributed by atoms with Gasteiger partial charge in [0.25, 0.3) is 0 Å². The number of carbonyl (C=O) groups excluding carboxylic acids is 5. The van der Waals surface area contributed by atoms with E-state index in [1.54, 1.807) is 34.6 Å². The van der Waals surface area contributed by atoms with Gasteiger partial charge in [-0.25, -0.2) is 0 Å². The van der Waals surface area contributed by atoms with E-state index >= 15 is 0 Å². The van der Waals surface area contributed by atoms with Gasteiger partial charge in [-0.2, -0.15) is 0 Å². The molecule has 4 saturated heterocycles. The Balaban J connectivity index is 1.82. The van der Waals surface area contributed by atoms with E-state index < -0.39 is 120 Å². The zero-order chi connectivity index (χ0) is 42.7. The maximum atomic E-state index is 14.4. The molecular formula is C41H67NO15. The van der Waals surface area contributed by atoms with Gasteiger partial charge in [0, 0.05) is 46.1 Å². The van der Waals surface area contributed by atoms with Crippen LogP contribution in [-0.4, -0.2) is 142 Å². The largest absolute Gasteiger partial charge is 0.462 e. The molecule has 0 aromatic carbocycles. The van der Waals surface area contributed by atoms with Gasteiger partial charge in [0.2, 0.25) is 0 Å². The van der Waals surface area contributed by atoms with Crippen molar-refractivity contribution in [2.45, 2.75) is 175 Å². The molecule has 0 aromatic heterocycles. The zero-order valence-corrected chi connectivity index (χ0v) is 36.2. The highest BCUT2D eigenvalue weighted by molar-refractivity contribution is 5.92. The van der Waals surface area contributed by atoms with Crippen LogP contribution in [0, 0.1) is 29.6 Å². The van der Waals surface area contributed by atoms with Crippen molar-refractivity contribution in [1.82, 2.24) is 4.90 Å². The molecule has 4 fully saturated rings. The highest BCUT2D eigenvalue weighted by Gasteiger charge is 2.58. The molecule has 16 heteroatoms. The lowest BCUT2D eigenvalue weighted by molar-refractivity contribution is -0.301. The van der Waals surface area contributed by atoms with Gasteiger partial charge in [-0.05, 0) is 60.5 Å². The predicted octanol–water partition coefficient (Wildman–Crippen LogP) is 3.62. The van der Waals surface area contributed by atoms with Crippen molar-refractivity contribution >= 4 is 29.7 Å². The van der Waals surface area contributed by atoms with Gasteiger partial charge in [0.1, 0.15) is 18.3 Å². The van der Waals surface area contributed by atoms with Crippen LogP contribution in [0.1, 0.15) is 95.4 Å². The Kier molecular flexibility index (Phi) is 16.1. The van der Waals surface area contributed by atoms with Crippen molar-refractivity contribution in [3.8, 4) is 0 Å². The van der Waals surface area contributed by atoms with Crippen LogP contribution in [0.5, 0.6) is 0 Å². The number of hydrogen-bond acceptors (Lipinski definition) is 16. The van der Waals surface area contributed by atoms with Crippen molar-refractivity contribution in [2.24, 2.45) is 29.6 Å². The molecule has 57 heavy (non-hydrogen) atoms. The third-order valence-corrected chi connectivity index (χ3v) is 12.2. The van der Waals surface area contributed by atoms with Gasteiger partial charge in [0.05, 0.1) is 48.9 Å². The molecule has 0 unspecified atom stereocenters. The summed E-state index contributed by atoms with van der Waals surface area (Å²) in [6.07, 6.45) is -7.35. The molecule has 0 aromatic rings. The monoisotopic (exact) mass is 813 g/mol. The standard InChI is InChI=1S/C41H67NO15/c1-19-17-41(18-49-41)38(46)23(5)34(53-27(9)43)21(3)25(7)52-39(47)24(6)35(56-32-16-31(48-14)36(26(8)51-32)54-28(10)44)22(4)33(19)57-40-37(55-29(11)45)30(42(12)13)15-20(2)50-40/h19-26,30-37,40H,15-18H2,1-14H3/t19-,20+,21-,22+,23+,24+,25+,26-,30-,31-,32-,33-,34-,35-,36-,37-,40-,41-/m0/s1. The molecule has 4 rings (SSSR count). The minimum absolute atomic E-state index is 0.162. The molecule has 0 amide bonds. The lowest BCUT2D eigenvalue weighted by atomic mass is 9.76. The molecule has 4 aliphatic rings. The lowest BCUT2D eigenvalue weighted by Gasteiger charge is -2.46. The number of hydrogen-bond donors (Lipinski definition) is 0. The Morgan fingerprint density at radius 2 is 1.28 bits per heavy atom. The number of rotatable bonds is 9. The zero-order valence-electron chi connectivity index (χ0n) is 36.2. The third-order valence-electron chi connectivity index (χ3n) is 12.2. The molecule has 0 radical (unpaired) electrons. The molecule has 0 bridgehead atoms. The van der Waals surface area contributed by atoms with E-state index in [4.69, 9.17) is 47.4 Å². The van der Waals surface area contributed by atoms with Crippen LogP contribution in [-0.2, 0) is 71.3 Å². The Hall–Kier alpha value is -2.73. The molecule has 18 atom stereocenters. The quantitative estimate of drug-likeness (QED) is 0.187. The van der Waals surface area contributed by atoms with Crippen molar-refractivity contribution in [1.29, 1.82) is 0 Å². The van der Waals surface area contributed by atoms with Crippen LogP contribution in [0.15, 0.2) is 0 Å². The number of esters is 4. The maximum Gasteiger partial charge on any atom is 0.311 e. The van der Waals surface area contributed by atoms with Gasteiger partial charge in [-0.15, -0.1) is 0 Å². The number of Topliss-reactive ketones (excluding diaryl/α,β-unsaturated/α-hetero) is 1. The van der Waals surface area contributed by atoms with E-state index in [0.29, 0.717) is 6.42 Å². The molecule has 4 aliphatic heterocycles. The first-order valence-corrected chi connectivity index (χ1v) is 20.3. The minimum atomic E-state index is -1.19. The van der Waals surface area contributed by atoms with Crippen LogP contribution in [0.3, 0.4) is 0 Å². The summed E-state index contributed by atoms with van der Waals surface area (Å²) < 4.78 is 61.5. The minimum Gasteiger partial charge on any atom is -0.462 e. The highest BCUT2D eigenvalue weighted by atomic mass is 16.7. The Bertz CT molecular complexity index is 1420. The van der Waals surface area contributed by atoms with Crippen molar-refractivity contribution in [2.75, 3.05) is 27.8 Å². The van der Waals surface area contributed by atoms with Crippen LogP contribution < -0.4 is 0 Å². The molecule has 1 spiro atoms. The average Bonchev–Trinajstić information content (AvgIpc) is 3.91. The van der Waals surface area contributed by atoms with E-state index in [1.807, 2.05) is 39.8 Å². The van der Waals surface area contributed by atoms with Gasteiger partial charge in [-0.1, -0.05) is 27.7 Å². The van der Waals surface area contributed by atoms with E-state index in [-0.39, 0.29) is 37.4 Å². The predicted molar refractivity (Wildman–Crippen MR) is 202 cm³/mol. The molecule has 0 aliphatic carbocycles. The number of ether oxygens (including phenoxy) is 10. The SMILES string of the molecule is CO[C@H]1C[C@H](O[C@H]2[C@H](C)[C@@H](O[C@@H]3O[C@H](C)C[C@H](N(C)C)[C@@H]3OC(C)=O)[C@@H](C)C[C@]3(CO3)C(=O)[C@H](C)[C@@H](OC(C)=O)[C@@H](C)[C@@H](C)OC(=O)[C@@H]2C)O[C@@H](C)[C@@H]1OC(C)=O. The second-order valence-corrected chi connectivity index (χ2v) is 17.1. The summed E-state index contributed by atoms with van der Waals surface area (Å²) in [6.45, 7) is 18.5. The summed E-state index contributed by atoms with van der Waals surface area (Å²) in [5.74, 6) is -5.69. The third kappa shape index (κ3) is 11.3. The normalized spacial score (nSPS) is 43.5. The summed E-state index contributed by atoms with van der Waals surface area (Å²) in [7, 11) is 5.31. The van der Waals surface area contributed by atoms with Crippen LogP contribution in [0.4, 0.5) is 0 Å². The molecule has 326 valence electrons. The fourth-order valence-corrected chi connectivity index (χ4v) is 8.93. The van der Waals surface area contributed by atoms with E-state index in [0.717, 1.165) is 0 Å². The number of nitrogens with zero attached hydrogens (tertiary/aromatic N) is 1. The van der Waals surface area contributed by atoms with Crippen LogP contribution in [0.2, 0.25) is 0 Å². The summed E-state index contributed by atoms with van der Waals surface area (Å²) in [5.41, 5.74) is -1.19. The van der Waals surface area contributed by atoms with Gasteiger partial charge in [0.15, 0.2) is 36.2 Å².